The Labute approximate surface area is 187 Å². The summed E-state index contributed by atoms with van der Waals surface area (Å²) in [5, 5.41) is 18.8. The third-order valence-corrected chi connectivity index (χ3v) is 6.20. The number of carbonyl (C=O) groups excluding carboxylic acids is 3. The Bertz CT molecular complexity index is 790. The number of rotatable bonds is 6. The van der Waals surface area contributed by atoms with Crippen molar-refractivity contribution in [1.82, 2.24) is 15.5 Å². The summed E-state index contributed by atoms with van der Waals surface area (Å²) in [5.41, 5.74) is 0.282. The number of phenolic OH excluding ortho intramolecular Hbond substituents is 1. The molecule has 1 heterocycles. The smallest absolute Gasteiger partial charge is 0.317 e. The fourth-order valence-corrected chi connectivity index (χ4v) is 4.30. The van der Waals surface area contributed by atoms with Crippen molar-refractivity contribution in [2.75, 3.05) is 25.0 Å². The maximum Gasteiger partial charge on any atom is 0.317 e. The largest absolute Gasteiger partial charge is 0.506 e. The molecule has 0 bridgehead atoms. The predicted octanol–water partition coefficient (Wildman–Crippen LogP) is 3.24. The van der Waals surface area contributed by atoms with Crippen LogP contribution in [0.2, 0.25) is 5.02 Å². The average Bonchev–Trinajstić information content (AvgIpc) is 2.77. The molecule has 2 aliphatic rings. The highest BCUT2D eigenvalue weighted by Crippen LogP contribution is 2.28. The molecule has 1 aliphatic heterocycles. The van der Waals surface area contributed by atoms with Gasteiger partial charge >= 0.3 is 6.03 Å². The van der Waals surface area contributed by atoms with Crippen LogP contribution in [0.15, 0.2) is 18.2 Å². The molecule has 4 amide bonds. The van der Waals surface area contributed by atoms with Crippen molar-refractivity contribution in [2.45, 2.75) is 57.4 Å². The maximum absolute atomic E-state index is 12.5. The molecule has 9 heteroatoms. The van der Waals surface area contributed by atoms with Crippen LogP contribution in [0.3, 0.4) is 0 Å². The van der Waals surface area contributed by atoms with Crippen LogP contribution in [-0.4, -0.2) is 53.5 Å². The minimum atomic E-state index is -0.247. The highest BCUT2D eigenvalue weighted by atomic mass is 35.5. The van der Waals surface area contributed by atoms with Crippen molar-refractivity contribution in [3.8, 4) is 5.75 Å². The Morgan fingerprint density at radius 3 is 2.48 bits per heavy atom. The predicted molar refractivity (Wildman–Crippen MR) is 119 cm³/mol. The van der Waals surface area contributed by atoms with Crippen LogP contribution < -0.4 is 16.0 Å². The van der Waals surface area contributed by atoms with E-state index in [9.17, 15) is 19.5 Å². The second kappa shape index (κ2) is 11.2. The van der Waals surface area contributed by atoms with Gasteiger partial charge in [0.15, 0.2) is 0 Å². The molecule has 3 rings (SSSR count). The lowest BCUT2D eigenvalue weighted by atomic mass is 9.95. The number of amides is 4. The summed E-state index contributed by atoms with van der Waals surface area (Å²) in [6, 6.07) is 4.54. The summed E-state index contributed by atoms with van der Waals surface area (Å²) in [4.78, 5) is 38.5. The molecular formula is C22H31ClN4O4. The van der Waals surface area contributed by atoms with Gasteiger partial charge in [0.1, 0.15) is 5.75 Å². The van der Waals surface area contributed by atoms with E-state index < -0.39 is 0 Å². The number of piperidine rings is 1. The number of nitrogens with one attached hydrogen (secondary N) is 3. The molecule has 1 saturated heterocycles. The van der Waals surface area contributed by atoms with E-state index in [1.807, 2.05) is 0 Å². The highest BCUT2D eigenvalue weighted by Gasteiger charge is 2.28. The van der Waals surface area contributed by atoms with Gasteiger partial charge in [-0.1, -0.05) is 30.9 Å². The molecule has 8 nitrogen and oxygen atoms in total. The molecule has 31 heavy (non-hydrogen) atoms. The molecule has 170 valence electrons. The van der Waals surface area contributed by atoms with Gasteiger partial charge in [0.2, 0.25) is 11.8 Å². The summed E-state index contributed by atoms with van der Waals surface area (Å²) in [6.45, 7) is 1.21. The van der Waals surface area contributed by atoms with E-state index in [1.54, 1.807) is 11.0 Å². The third kappa shape index (κ3) is 7.02. The zero-order valence-corrected chi connectivity index (χ0v) is 18.4. The first-order chi connectivity index (χ1) is 14.9. The van der Waals surface area contributed by atoms with Crippen molar-refractivity contribution in [3.63, 3.8) is 0 Å². The molecule has 1 aliphatic carbocycles. The van der Waals surface area contributed by atoms with Gasteiger partial charge in [0.25, 0.3) is 0 Å². The number of nitrogens with zero attached hydrogens (tertiary/aromatic N) is 1. The molecule has 4 N–H and O–H groups in total. The Kier molecular flexibility index (Phi) is 8.40. The molecule has 2 fully saturated rings. The SMILES string of the molecule is O=C(CCNC(=O)N1CCC(C(=O)Nc2cc(Cl)ccc2O)CC1)NC1CCCCC1. The molecule has 0 radical (unpaired) electrons. The normalized spacial score (nSPS) is 17.8. The molecule has 0 unspecified atom stereocenters. The standard InChI is InChI=1S/C22H31ClN4O4/c23-16-6-7-19(28)18(14-16)26-21(30)15-9-12-27(13-10-15)22(31)24-11-8-20(29)25-17-4-2-1-3-5-17/h6-7,14-15,17,28H,1-5,8-13H2,(H,24,31)(H,25,29)(H,26,30). The van der Waals surface area contributed by atoms with E-state index in [4.69, 9.17) is 11.6 Å². The van der Waals surface area contributed by atoms with Gasteiger partial charge < -0.3 is 26.0 Å². The molecule has 1 aromatic carbocycles. The van der Waals surface area contributed by atoms with E-state index in [0.29, 0.717) is 37.5 Å². The number of benzene rings is 1. The number of carbonyl (C=O) groups is 3. The monoisotopic (exact) mass is 450 g/mol. The van der Waals surface area contributed by atoms with Gasteiger partial charge in [0, 0.05) is 43.0 Å². The zero-order valence-electron chi connectivity index (χ0n) is 17.7. The number of halogens is 1. The second-order valence-corrected chi connectivity index (χ2v) is 8.73. The van der Waals surface area contributed by atoms with Gasteiger partial charge in [-0.15, -0.1) is 0 Å². The zero-order chi connectivity index (χ0) is 22.2. The van der Waals surface area contributed by atoms with Crippen molar-refractivity contribution in [1.29, 1.82) is 0 Å². The quantitative estimate of drug-likeness (QED) is 0.498. The minimum Gasteiger partial charge on any atom is -0.506 e. The Morgan fingerprint density at radius 2 is 1.77 bits per heavy atom. The van der Waals surface area contributed by atoms with Crippen molar-refractivity contribution in [2.24, 2.45) is 5.92 Å². The lowest BCUT2D eigenvalue weighted by molar-refractivity contribution is -0.122. The number of urea groups is 1. The van der Waals surface area contributed by atoms with E-state index in [2.05, 4.69) is 16.0 Å². The molecule has 1 saturated carbocycles. The number of hydrogen-bond donors (Lipinski definition) is 4. The van der Waals surface area contributed by atoms with Crippen LogP contribution in [0.25, 0.3) is 0 Å². The van der Waals surface area contributed by atoms with Gasteiger partial charge in [-0.05, 0) is 43.9 Å². The second-order valence-electron chi connectivity index (χ2n) is 8.30. The summed E-state index contributed by atoms with van der Waals surface area (Å²) < 4.78 is 0. The lowest BCUT2D eigenvalue weighted by Crippen LogP contribution is -2.47. The van der Waals surface area contributed by atoms with Crippen LogP contribution in [0.5, 0.6) is 5.75 Å². The first-order valence-electron chi connectivity index (χ1n) is 11.0. The van der Waals surface area contributed by atoms with Crippen LogP contribution in [0.1, 0.15) is 51.4 Å². The van der Waals surface area contributed by atoms with Gasteiger partial charge in [-0.25, -0.2) is 4.79 Å². The Morgan fingerprint density at radius 1 is 1.06 bits per heavy atom. The van der Waals surface area contributed by atoms with E-state index >= 15 is 0 Å². The molecule has 0 aromatic heterocycles. The van der Waals surface area contributed by atoms with Crippen LogP contribution in [0, 0.1) is 5.92 Å². The van der Waals surface area contributed by atoms with Crippen LogP contribution in [-0.2, 0) is 9.59 Å². The van der Waals surface area contributed by atoms with E-state index in [-0.39, 0.29) is 47.7 Å². The third-order valence-electron chi connectivity index (χ3n) is 5.97. The van der Waals surface area contributed by atoms with Crippen molar-refractivity contribution >= 4 is 35.1 Å². The topological polar surface area (TPSA) is 111 Å². The first kappa shape index (κ1) is 23.2. The number of phenols is 1. The number of anilines is 1. The summed E-state index contributed by atoms with van der Waals surface area (Å²) in [7, 11) is 0. The van der Waals surface area contributed by atoms with Crippen molar-refractivity contribution in [3.05, 3.63) is 23.2 Å². The number of likely N-dealkylation sites (tertiary alicyclic amines) is 1. The Hall–Kier alpha value is -2.48. The Balaban J connectivity index is 1.35. The highest BCUT2D eigenvalue weighted by molar-refractivity contribution is 6.31. The molecule has 1 aromatic rings. The summed E-state index contributed by atoms with van der Waals surface area (Å²) in [6.07, 6.45) is 6.97. The minimum absolute atomic E-state index is 0.0214. The average molecular weight is 451 g/mol. The van der Waals surface area contributed by atoms with E-state index in [0.717, 1.165) is 25.7 Å². The van der Waals surface area contributed by atoms with Crippen LogP contribution in [0.4, 0.5) is 10.5 Å². The van der Waals surface area contributed by atoms with E-state index in [1.165, 1.54) is 18.6 Å². The van der Waals surface area contributed by atoms with Gasteiger partial charge in [0.05, 0.1) is 5.69 Å². The van der Waals surface area contributed by atoms with Crippen LogP contribution >= 0.6 is 11.6 Å². The van der Waals surface area contributed by atoms with Crippen molar-refractivity contribution < 1.29 is 19.5 Å². The summed E-state index contributed by atoms with van der Waals surface area (Å²) >= 11 is 5.91. The summed E-state index contributed by atoms with van der Waals surface area (Å²) in [5.74, 6) is -0.505. The first-order valence-corrected chi connectivity index (χ1v) is 11.4. The fourth-order valence-electron chi connectivity index (χ4n) is 4.13. The number of hydrogen-bond acceptors (Lipinski definition) is 4. The molecule has 0 spiro atoms. The fraction of sp³-hybridized carbons (Fsp3) is 0.591. The van der Waals surface area contributed by atoms with Gasteiger partial charge in [-0.2, -0.15) is 0 Å². The molecule has 0 atom stereocenters. The van der Waals surface area contributed by atoms with Gasteiger partial charge in [-0.3, -0.25) is 9.59 Å². The lowest BCUT2D eigenvalue weighted by Gasteiger charge is -2.31. The molecular weight excluding hydrogens is 420 g/mol. The number of aromatic hydroxyl groups is 1. The maximum atomic E-state index is 12.5.